The molecule has 2 nitrogen and oxygen atoms in total. The summed E-state index contributed by atoms with van der Waals surface area (Å²) in [7, 11) is 0. The minimum atomic E-state index is 0.0725. The van der Waals surface area contributed by atoms with Gasteiger partial charge in [-0.1, -0.05) is 6.92 Å². The molecule has 2 rings (SSSR count). The summed E-state index contributed by atoms with van der Waals surface area (Å²) in [5.74, 6) is 0.534. The Kier molecular flexibility index (Phi) is 3.15. The van der Waals surface area contributed by atoms with E-state index in [-0.39, 0.29) is 5.78 Å². The Bertz CT molecular complexity index is 540. The lowest BCUT2D eigenvalue weighted by atomic mass is 10.1. The highest BCUT2D eigenvalue weighted by Gasteiger charge is 2.13. The fourth-order valence-corrected chi connectivity index (χ4v) is 2.41. The first-order valence-electron chi connectivity index (χ1n) is 5.34. The van der Waals surface area contributed by atoms with Gasteiger partial charge in [0, 0.05) is 11.8 Å². The van der Waals surface area contributed by atoms with Gasteiger partial charge in [0.1, 0.15) is 5.58 Å². The van der Waals surface area contributed by atoms with Crippen LogP contribution < -0.4 is 0 Å². The molecule has 0 unspecified atom stereocenters. The van der Waals surface area contributed by atoms with Gasteiger partial charge in [0.15, 0.2) is 11.5 Å². The molecule has 3 heteroatoms. The number of halogens is 1. The lowest BCUT2D eigenvalue weighted by Gasteiger charge is -1.95. The maximum atomic E-state index is 11.7. The standard InChI is InChI=1S/C13H13BrO2/c1-3-4-11(15)12-7-9-5-8(2)6-10(14)13(9)16-12/h5-7H,3-4H2,1-2H3. The number of carbonyl (C=O) groups is 1. The first-order valence-corrected chi connectivity index (χ1v) is 6.14. The molecule has 0 bridgehead atoms. The highest BCUT2D eigenvalue weighted by Crippen LogP contribution is 2.29. The van der Waals surface area contributed by atoms with E-state index < -0.39 is 0 Å². The van der Waals surface area contributed by atoms with Crippen molar-refractivity contribution in [3.63, 3.8) is 0 Å². The van der Waals surface area contributed by atoms with Crippen LogP contribution in [0.5, 0.6) is 0 Å². The topological polar surface area (TPSA) is 30.2 Å². The molecule has 0 saturated carbocycles. The first kappa shape index (κ1) is 11.4. The summed E-state index contributed by atoms with van der Waals surface area (Å²) in [4.78, 5) is 11.7. The fraction of sp³-hybridized carbons (Fsp3) is 0.308. The van der Waals surface area contributed by atoms with Gasteiger partial charge in [-0.3, -0.25) is 4.79 Å². The van der Waals surface area contributed by atoms with Gasteiger partial charge < -0.3 is 4.42 Å². The molecule has 0 radical (unpaired) electrons. The number of hydrogen-bond acceptors (Lipinski definition) is 2. The normalized spacial score (nSPS) is 10.9. The van der Waals surface area contributed by atoms with E-state index in [1.54, 1.807) is 0 Å². The fourth-order valence-electron chi connectivity index (χ4n) is 1.74. The monoisotopic (exact) mass is 280 g/mol. The predicted molar refractivity (Wildman–Crippen MR) is 67.9 cm³/mol. The van der Waals surface area contributed by atoms with Crippen molar-refractivity contribution in [1.29, 1.82) is 0 Å². The minimum absolute atomic E-state index is 0.0725. The molecule has 0 atom stereocenters. The summed E-state index contributed by atoms with van der Waals surface area (Å²) in [5, 5.41) is 0.978. The molecule has 0 amide bonds. The van der Waals surface area contributed by atoms with Crippen LogP contribution in [0.1, 0.15) is 35.9 Å². The summed E-state index contributed by atoms with van der Waals surface area (Å²) in [6, 6.07) is 5.83. The zero-order valence-corrected chi connectivity index (χ0v) is 10.9. The second-order valence-corrected chi connectivity index (χ2v) is 4.80. The van der Waals surface area contributed by atoms with Crippen molar-refractivity contribution < 1.29 is 9.21 Å². The maximum Gasteiger partial charge on any atom is 0.198 e. The molecule has 1 heterocycles. The summed E-state index contributed by atoms with van der Waals surface area (Å²) in [6.45, 7) is 4.01. The maximum absolute atomic E-state index is 11.7. The molecule has 16 heavy (non-hydrogen) atoms. The van der Waals surface area contributed by atoms with E-state index in [2.05, 4.69) is 15.9 Å². The molecule has 0 aliphatic rings. The zero-order chi connectivity index (χ0) is 11.7. The number of ketones is 1. The molecule has 84 valence electrons. The Morgan fingerprint density at radius 3 is 2.81 bits per heavy atom. The largest absolute Gasteiger partial charge is 0.452 e. The van der Waals surface area contributed by atoms with Crippen molar-refractivity contribution in [2.45, 2.75) is 26.7 Å². The number of rotatable bonds is 3. The summed E-state index contributed by atoms with van der Waals surface area (Å²) >= 11 is 3.44. The van der Waals surface area contributed by atoms with E-state index >= 15 is 0 Å². The van der Waals surface area contributed by atoms with Crippen molar-refractivity contribution in [2.75, 3.05) is 0 Å². The van der Waals surface area contributed by atoms with Gasteiger partial charge in [0.05, 0.1) is 4.47 Å². The number of hydrogen-bond donors (Lipinski definition) is 0. The molecule has 2 aromatic rings. The van der Waals surface area contributed by atoms with E-state index in [1.165, 1.54) is 0 Å². The SMILES string of the molecule is CCCC(=O)c1cc2cc(C)cc(Br)c2o1. The second kappa shape index (κ2) is 4.42. The molecular formula is C13H13BrO2. The third-order valence-electron chi connectivity index (χ3n) is 2.47. The average molecular weight is 281 g/mol. The van der Waals surface area contributed by atoms with Crippen LogP contribution in [0, 0.1) is 6.92 Å². The van der Waals surface area contributed by atoms with E-state index in [9.17, 15) is 4.79 Å². The number of Topliss-reactive ketones (excluding diaryl/α,β-unsaturated/α-hetero) is 1. The molecule has 0 spiro atoms. The average Bonchev–Trinajstić information content (AvgIpc) is 2.62. The smallest absolute Gasteiger partial charge is 0.198 e. The Morgan fingerprint density at radius 1 is 1.38 bits per heavy atom. The van der Waals surface area contributed by atoms with Crippen LogP contribution in [0.2, 0.25) is 0 Å². The number of benzene rings is 1. The molecule has 1 aromatic carbocycles. The van der Waals surface area contributed by atoms with Crippen LogP contribution in [-0.2, 0) is 0 Å². The first-order chi connectivity index (χ1) is 7.61. The molecule has 0 saturated heterocycles. The van der Waals surface area contributed by atoms with Gasteiger partial charge in [-0.05, 0) is 53.0 Å². The highest BCUT2D eigenvalue weighted by molar-refractivity contribution is 9.10. The van der Waals surface area contributed by atoms with Crippen LogP contribution >= 0.6 is 15.9 Å². The van der Waals surface area contributed by atoms with Crippen LogP contribution in [-0.4, -0.2) is 5.78 Å². The van der Waals surface area contributed by atoms with Crippen LogP contribution in [0.3, 0.4) is 0 Å². The zero-order valence-electron chi connectivity index (χ0n) is 9.34. The van der Waals surface area contributed by atoms with Gasteiger partial charge in [-0.25, -0.2) is 0 Å². The van der Waals surface area contributed by atoms with Crippen molar-refractivity contribution >= 4 is 32.7 Å². The molecule has 1 aromatic heterocycles. The highest BCUT2D eigenvalue weighted by atomic mass is 79.9. The lowest BCUT2D eigenvalue weighted by molar-refractivity contribution is 0.0957. The number of carbonyl (C=O) groups excluding carboxylic acids is 1. The van der Waals surface area contributed by atoms with Gasteiger partial charge in [0.25, 0.3) is 0 Å². The molecular weight excluding hydrogens is 268 g/mol. The van der Waals surface area contributed by atoms with E-state index in [0.717, 1.165) is 27.4 Å². The van der Waals surface area contributed by atoms with Crippen molar-refractivity contribution in [2.24, 2.45) is 0 Å². The summed E-state index contributed by atoms with van der Waals surface area (Å²) < 4.78 is 6.47. The van der Waals surface area contributed by atoms with Crippen LogP contribution in [0.25, 0.3) is 11.0 Å². The number of furan rings is 1. The third kappa shape index (κ3) is 2.05. The predicted octanol–water partition coefficient (Wildman–Crippen LogP) is 4.49. The van der Waals surface area contributed by atoms with Crippen LogP contribution in [0.4, 0.5) is 0 Å². The number of fused-ring (bicyclic) bond motifs is 1. The molecule has 0 aliphatic heterocycles. The lowest BCUT2D eigenvalue weighted by Crippen LogP contribution is -1.94. The Balaban J connectivity index is 2.51. The number of aryl methyl sites for hydroxylation is 1. The van der Waals surface area contributed by atoms with E-state index in [0.29, 0.717) is 12.2 Å². The molecule has 0 N–H and O–H groups in total. The summed E-state index contributed by atoms with van der Waals surface area (Å²) in [6.07, 6.45) is 1.38. The second-order valence-electron chi connectivity index (χ2n) is 3.95. The molecule has 0 aliphatic carbocycles. The van der Waals surface area contributed by atoms with E-state index in [4.69, 9.17) is 4.42 Å². The van der Waals surface area contributed by atoms with Crippen molar-refractivity contribution in [3.8, 4) is 0 Å². The quantitative estimate of drug-likeness (QED) is 0.776. The van der Waals surface area contributed by atoms with Crippen LogP contribution in [0.15, 0.2) is 27.1 Å². The third-order valence-corrected chi connectivity index (χ3v) is 3.06. The minimum Gasteiger partial charge on any atom is -0.452 e. The Morgan fingerprint density at radius 2 is 2.12 bits per heavy atom. The Labute approximate surface area is 103 Å². The van der Waals surface area contributed by atoms with Crippen molar-refractivity contribution in [1.82, 2.24) is 0 Å². The van der Waals surface area contributed by atoms with Gasteiger partial charge in [-0.2, -0.15) is 0 Å². The summed E-state index contributed by atoms with van der Waals surface area (Å²) in [5.41, 5.74) is 1.90. The molecule has 0 fully saturated rings. The van der Waals surface area contributed by atoms with Gasteiger partial charge >= 0.3 is 0 Å². The van der Waals surface area contributed by atoms with Crippen molar-refractivity contribution in [3.05, 3.63) is 34.0 Å². The Hall–Kier alpha value is -1.09. The van der Waals surface area contributed by atoms with Gasteiger partial charge in [-0.15, -0.1) is 0 Å². The van der Waals surface area contributed by atoms with E-state index in [1.807, 2.05) is 32.0 Å². The van der Waals surface area contributed by atoms with Gasteiger partial charge in [0.2, 0.25) is 0 Å².